The zero-order valence-corrected chi connectivity index (χ0v) is 7.75. The summed E-state index contributed by atoms with van der Waals surface area (Å²) in [5.74, 6) is -1.14. The van der Waals surface area contributed by atoms with Crippen LogP contribution in [-0.2, 0) is 10.3 Å². The van der Waals surface area contributed by atoms with E-state index in [1.165, 1.54) is 19.2 Å². The fraction of sp³-hybridized carbons (Fsp3) is 0.250. The van der Waals surface area contributed by atoms with Gasteiger partial charge in [-0.2, -0.15) is 0 Å². The van der Waals surface area contributed by atoms with E-state index in [9.17, 15) is 4.79 Å². The predicted octanol–water partition coefficient (Wildman–Crippen LogP) is 0.994. The van der Waals surface area contributed by atoms with Gasteiger partial charge in [-0.1, -0.05) is 11.6 Å². The van der Waals surface area contributed by atoms with Gasteiger partial charge in [0.25, 0.3) is 0 Å². The van der Waals surface area contributed by atoms with Gasteiger partial charge in [0.2, 0.25) is 0 Å². The first kappa shape index (κ1) is 9.95. The Morgan fingerprint density at radius 2 is 2.38 bits per heavy atom. The number of nitrogens with zero attached hydrogens (tertiary/aromatic N) is 1. The second kappa shape index (κ2) is 3.32. The number of carboxylic acids is 1. The van der Waals surface area contributed by atoms with Crippen LogP contribution < -0.4 is 5.73 Å². The zero-order valence-electron chi connectivity index (χ0n) is 6.99. The van der Waals surface area contributed by atoms with E-state index in [1.807, 2.05) is 0 Å². The van der Waals surface area contributed by atoms with Crippen LogP contribution in [0.2, 0.25) is 5.02 Å². The van der Waals surface area contributed by atoms with Crippen LogP contribution in [0.25, 0.3) is 0 Å². The smallest absolute Gasteiger partial charge is 0.329 e. The number of hydrogen-bond acceptors (Lipinski definition) is 3. The minimum absolute atomic E-state index is 0.243. The van der Waals surface area contributed by atoms with Gasteiger partial charge < -0.3 is 10.8 Å². The molecule has 0 spiro atoms. The zero-order chi connectivity index (χ0) is 10.1. The van der Waals surface area contributed by atoms with Crippen molar-refractivity contribution in [3.05, 3.63) is 29.0 Å². The molecule has 0 amide bonds. The molecule has 1 rings (SSSR count). The summed E-state index contributed by atoms with van der Waals surface area (Å²) < 4.78 is 0. The molecular formula is C8H9ClN2O2. The SMILES string of the molecule is C[C@](N)(C(=O)O)c1cc(Cl)ccn1. The lowest BCUT2D eigenvalue weighted by molar-refractivity contribution is -0.143. The summed E-state index contributed by atoms with van der Waals surface area (Å²) in [5, 5.41) is 9.20. The Morgan fingerprint density at radius 1 is 1.77 bits per heavy atom. The molecule has 1 atom stereocenters. The van der Waals surface area contributed by atoms with E-state index in [-0.39, 0.29) is 5.69 Å². The number of carbonyl (C=O) groups is 1. The summed E-state index contributed by atoms with van der Waals surface area (Å²) in [6.07, 6.45) is 1.42. The fourth-order valence-electron chi connectivity index (χ4n) is 0.798. The molecule has 70 valence electrons. The van der Waals surface area contributed by atoms with Gasteiger partial charge in [0, 0.05) is 11.2 Å². The number of aromatic nitrogens is 1. The van der Waals surface area contributed by atoms with Gasteiger partial charge in [0.05, 0.1) is 5.69 Å². The second-order valence-corrected chi connectivity index (χ2v) is 3.30. The van der Waals surface area contributed by atoms with Gasteiger partial charge >= 0.3 is 5.97 Å². The average molecular weight is 201 g/mol. The lowest BCUT2D eigenvalue weighted by Gasteiger charge is -2.18. The first-order chi connectivity index (χ1) is 5.94. The number of hydrogen-bond donors (Lipinski definition) is 2. The summed E-state index contributed by atoms with van der Waals surface area (Å²) in [5.41, 5.74) is 4.28. The average Bonchev–Trinajstić information content (AvgIpc) is 2.04. The van der Waals surface area contributed by atoms with Crippen molar-refractivity contribution in [2.75, 3.05) is 0 Å². The van der Waals surface area contributed by atoms with Crippen molar-refractivity contribution in [1.82, 2.24) is 4.98 Å². The lowest BCUT2D eigenvalue weighted by atomic mass is 9.99. The van der Waals surface area contributed by atoms with Crippen LogP contribution >= 0.6 is 11.6 Å². The van der Waals surface area contributed by atoms with Crippen LogP contribution in [0.4, 0.5) is 0 Å². The quantitative estimate of drug-likeness (QED) is 0.747. The third-order valence-electron chi connectivity index (χ3n) is 1.70. The number of nitrogens with two attached hydrogens (primary N) is 1. The van der Waals surface area contributed by atoms with E-state index in [0.717, 1.165) is 0 Å². The van der Waals surface area contributed by atoms with Crippen LogP contribution in [0.1, 0.15) is 12.6 Å². The van der Waals surface area contributed by atoms with Crippen molar-refractivity contribution < 1.29 is 9.90 Å². The maximum absolute atomic E-state index is 10.7. The molecule has 4 nitrogen and oxygen atoms in total. The van der Waals surface area contributed by atoms with E-state index in [2.05, 4.69) is 4.98 Å². The Bertz CT molecular complexity index is 339. The molecule has 0 fully saturated rings. The molecule has 3 N–H and O–H groups in total. The summed E-state index contributed by atoms with van der Waals surface area (Å²) in [6.45, 7) is 1.37. The molecule has 13 heavy (non-hydrogen) atoms. The van der Waals surface area contributed by atoms with Crippen LogP contribution in [0.3, 0.4) is 0 Å². The van der Waals surface area contributed by atoms with Gasteiger partial charge in [-0.15, -0.1) is 0 Å². The molecule has 1 heterocycles. The maximum atomic E-state index is 10.7. The van der Waals surface area contributed by atoms with Crippen molar-refractivity contribution in [1.29, 1.82) is 0 Å². The Labute approximate surface area is 80.3 Å². The van der Waals surface area contributed by atoms with E-state index in [0.29, 0.717) is 5.02 Å². The first-order valence-electron chi connectivity index (χ1n) is 3.59. The summed E-state index contributed by atoms with van der Waals surface area (Å²) >= 11 is 5.67. The second-order valence-electron chi connectivity index (χ2n) is 2.87. The molecule has 1 aromatic heterocycles. The summed E-state index contributed by atoms with van der Waals surface area (Å²) in [4.78, 5) is 14.6. The van der Waals surface area contributed by atoms with Gasteiger partial charge in [-0.25, -0.2) is 4.79 Å². The van der Waals surface area contributed by atoms with Crippen molar-refractivity contribution in [3.63, 3.8) is 0 Å². The molecule has 0 bridgehead atoms. The third-order valence-corrected chi connectivity index (χ3v) is 1.93. The highest BCUT2D eigenvalue weighted by Crippen LogP contribution is 2.18. The van der Waals surface area contributed by atoms with Crippen LogP contribution in [0.15, 0.2) is 18.3 Å². The number of halogens is 1. The predicted molar refractivity (Wildman–Crippen MR) is 48.4 cm³/mol. The Balaban J connectivity index is 3.14. The number of pyridine rings is 1. The van der Waals surface area contributed by atoms with E-state index in [1.54, 1.807) is 6.07 Å². The van der Waals surface area contributed by atoms with Crippen molar-refractivity contribution >= 4 is 17.6 Å². The van der Waals surface area contributed by atoms with Crippen LogP contribution in [-0.4, -0.2) is 16.1 Å². The Hall–Kier alpha value is -1.13. The monoisotopic (exact) mass is 200 g/mol. The molecule has 0 aliphatic rings. The van der Waals surface area contributed by atoms with Crippen LogP contribution in [0.5, 0.6) is 0 Å². The Morgan fingerprint density at radius 3 is 2.85 bits per heavy atom. The van der Waals surface area contributed by atoms with Crippen LogP contribution in [0, 0.1) is 0 Å². The lowest BCUT2D eigenvalue weighted by Crippen LogP contribution is -2.42. The molecule has 0 aliphatic heterocycles. The molecule has 0 saturated carbocycles. The molecule has 0 radical (unpaired) electrons. The summed E-state index contributed by atoms with van der Waals surface area (Å²) in [6, 6.07) is 3.00. The third kappa shape index (κ3) is 1.96. The number of rotatable bonds is 2. The molecule has 0 aliphatic carbocycles. The minimum Gasteiger partial charge on any atom is -0.480 e. The minimum atomic E-state index is -1.50. The highest BCUT2D eigenvalue weighted by molar-refractivity contribution is 6.30. The normalized spacial score (nSPS) is 15.0. The van der Waals surface area contributed by atoms with Crippen molar-refractivity contribution in [3.8, 4) is 0 Å². The maximum Gasteiger partial charge on any atom is 0.329 e. The standard InChI is InChI=1S/C8H9ClN2O2/c1-8(10,7(12)13)6-4-5(9)2-3-11-6/h2-4H,10H2,1H3,(H,12,13)/t8-/m1/s1. The number of carboxylic acid groups (broad SMARTS) is 1. The van der Waals surface area contributed by atoms with Gasteiger partial charge in [-0.3, -0.25) is 4.98 Å². The molecule has 0 unspecified atom stereocenters. The fourth-order valence-corrected chi connectivity index (χ4v) is 0.958. The van der Waals surface area contributed by atoms with E-state index >= 15 is 0 Å². The molecule has 5 heteroatoms. The first-order valence-corrected chi connectivity index (χ1v) is 3.96. The van der Waals surface area contributed by atoms with Gasteiger partial charge in [0.1, 0.15) is 0 Å². The topological polar surface area (TPSA) is 76.2 Å². The summed E-state index contributed by atoms with van der Waals surface area (Å²) in [7, 11) is 0. The van der Waals surface area contributed by atoms with Gasteiger partial charge in [0.15, 0.2) is 5.54 Å². The molecule has 1 aromatic rings. The van der Waals surface area contributed by atoms with Gasteiger partial charge in [-0.05, 0) is 19.1 Å². The number of aliphatic carboxylic acids is 1. The molecule has 0 saturated heterocycles. The molecular weight excluding hydrogens is 192 g/mol. The Kier molecular flexibility index (Phi) is 2.54. The van der Waals surface area contributed by atoms with E-state index < -0.39 is 11.5 Å². The largest absolute Gasteiger partial charge is 0.480 e. The molecule has 0 aromatic carbocycles. The van der Waals surface area contributed by atoms with Crippen molar-refractivity contribution in [2.45, 2.75) is 12.5 Å². The highest BCUT2D eigenvalue weighted by Gasteiger charge is 2.31. The van der Waals surface area contributed by atoms with Crippen molar-refractivity contribution in [2.24, 2.45) is 5.73 Å². The van der Waals surface area contributed by atoms with E-state index in [4.69, 9.17) is 22.4 Å². The highest BCUT2D eigenvalue weighted by atomic mass is 35.5.